The first-order chi connectivity index (χ1) is 8.49. The zero-order valence-corrected chi connectivity index (χ0v) is 9.23. The minimum atomic E-state index is -1.59. The number of hydrogen-bond acceptors (Lipinski definition) is 3. The number of hydrogen-bond donors (Lipinski definition) is 1. The summed E-state index contributed by atoms with van der Waals surface area (Å²) in [5.74, 6) is -1.46. The fourth-order valence-corrected chi connectivity index (χ4v) is 1.92. The molecule has 0 aromatic heterocycles. The van der Waals surface area contributed by atoms with Crippen molar-refractivity contribution < 1.29 is 18.5 Å². The lowest BCUT2D eigenvalue weighted by atomic mass is 9.95. The third kappa shape index (κ3) is 2.29. The number of nitro groups is 1. The van der Waals surface area contributed by atoms with Crippen LogP contribution in [0.3, 0.4) is 0 Å². The smallest absolute Gasteiger partial charge is 0.269 e. The summed E-state index contributed by atoms with van der Waals surface area (Å²) in [6.45, 7) is 0. The van der Waals surface area contributed by atoms with Crippen molar-refractivity contribution in [1.82, 2.24) is 5.32 Å². The molecule has 1 fully saturated rings. The molecule has 2 rings (SSSR count). The number of non-ortho nitro benzene ring substituents is 1. The number of benzene rings is 1. The fourth-order valence-electron chi connectivity index (χ4n) is 1.92. The molecule has 7 heteroatoms. The lowest BCUT2D eigenvalue weighted by Gasteiger charge is -2.25. The molecule has 2 atom stereocenters. The maximum absolute atomic E-state index is 13.6. The van der Waals surface area contributed by atoms with Crippen LogP contribution < -0.4 is 5.32 Å². The van der Waals surface area contributed by atoms with E-state index in [1.165, 1.54) is 0 Å². The average Bonchev–Trinajstić information content (AvgIpc) is 2.33. The van der Waals surface area contributed by atoms with Gasteiger partial charge >= 0.3 is 0 Å². The predicted molar refractivity (Wildman–Crippen MR) is 58.1 cm³/mol. The van der Waals surface area contributed by atoms with Crippen LogP contribution in [0, 0.1) is 15.9 Å². The highest BCUT2D eigenvalue weighted by atomic mass is 19.1. The molecule has 0 bridgehead atoms. The Bertz CT molecular complexity index is 507. The predicted octanol–water partition coefficient (Wildman–Crippen LogP) is 2.02. The molecule has 0 saturated carbocycles. The van der Waals surface area contributed by atoms with Crippen LogP contribution in [-0.2, 0) is 4.79 Å². The minimum absolute atomic E-state index is 0.0152. The Morgan fingerprint density at radius 3 is 2.72 bits per heavy atom. The van der Waals surface area contributed by atoms with Gasteiger partial charge in [-0.15, -0.1) is 0 Å². The number of carbonyl (C=O) groups is 1. The van der Waals surface area contributed by atoms with Gasteiger partial charge < -0.3 is 5.32 Å². The van der Waals surface area contributed by atoms with E-state index in [9.17, 15) is 23.7 Å². The number of alkyl halides is 1. The van der Waals surface area contributed by atoms with E-state index in [1.807, 2.05) is 0 Å². The van der Waals surface area contributed by atoms with Gasteiger partial charge in [0.15, 0.2) is 6.17 Å². The molecule has 1 aliphatic heterocycles. The Balaban J connectivity index is 2.30. The maximum Gasteiger partial charge on any atom is 0.269 e. The first-order valence-electron chi connectivity index (χ1n) is 5.37. The zero-order chi connectivity index (χ0) is 13.3. The number of piperidine rings is 1. The van der Waals surface area contributed by atoms with Crippen molar-refractivity contribution in [3.8, 4) is 0 Å². The number of carbonyl (C=O) groups excluding carboxylic acids is 1. The average molecular weight is 256 g/mol. The molecule has 5 nitrogen and oxygen atoms in total. The van der Waals surface area contributed by atoms with Crippen LogP contribution in [-0.4, -0.2) is 17.0 Å². The van der Waals surface area contributed by atoms with Crippen molar-refractivity contribution in [2.75, 3.05) is 0 Å². The second-order valence-electron chi connectivity index (χ2n) is 4.07. The van der Waals surface area contributed by atoms with Crippen LogP contribution in [0.5, 0.6) is 0 Å². The summed E-state index contributed by atoms with van der Waals surface area (Å²) in [4.78, 5) is 21.1. The second kappa shape index (κ2) is 4.67. The first kappa shape index (κ1) is 12.4. The largest absolute Gasteiger partial charge is 0.347 e. The summed E-state index contributed by atoms with van der Waals surface area (Å²) >= 11 is 0. The Hall–Kier alpha value is -2.05. The quantitative estimate of drug-likeness (QED) is 0.650. The number of nitrogens with zero attached hydrogens (tertiary/aromatic N) is 1. The molecule has 0 aliphatic carbocycles. The molecule has 1 saturated heterocycles. The molecule has 2 unspecified atom stereocenters. The molecular weight excluding hydrogens is 246 g/mol. The zero-order valence-electron chi connectivity index (χ0n) is 9.23. The Morgan fingerprint density at radius 1 is 1.39 bits per heavy atom. The molecule has 1 aromatic rings. The van der Waals surface area contributed by atoms with Crippen molar-refractivity contribution in [3.63, 3.8) is 0 Å². The van der Waals surface area contributed by atoms with Crippen LogP contribution >= 0.6 is 0 Å². The number of halogens is 2. The van der Waals surface area contributed by atoms with Crippen molar-refractivity contribution in [2.24, 2.45) is 0 Å². The van der Waals surface area contributed by atoms with Crippen LogP contribution in [0.25, 0.3) is 0 Å². The van der Waals surface area contributed by atoms with E-state index in [4.69, 9.17) is 0 Å². The maximum atomic E-state index is 13.6. The van der Waals surface area contributed by atoms with E-state index >= 15 is 0 Å². The summed E-state index contributed by atoms with van der Waals surface area (Å²) in [6, 6.07) is 2.37. The monoisotopic (exact) mass is 256 g/mol. The van der Waals surface area contributed by atoms with Gasteiger partial charge in [-0.3, -0.25) is 14.9 Å². The van der Waals surface area contributed by atoms with E-state index in [2.05, 4.69) is 5.32 Å². The summed E-state index contributed by atoms with van der Waals surface area (Å²) < 4.78 is 26.5. The highest BCUT2D eigenvalue weighted by molar-refractivity contribution is 5.81. The lowest BCUT2D eigenvalue weighted by Crippen LogP contribution is -2.40. The minimum Gasteiger partial charge on any atom is -0.347 e. The topological polar surface area (TPSA) is 72.2 Å². The Kier molecular flexibility index (Phi) is 3.22. The van der Waals surface area contributed by atoms with E-state index < -0.39 is 28.9 Å². The second-order valence-corrected chi connectivity index (χ2v) is 4.07. The van der Waals surface area contributed by atoms with Gasteiger partial charge in [0.05, 0.1) is 11.0 Å². The SMILES string of the molecule is O=C1NC(c2cc([N+](=O)[O-])ccc2F)CCC1F. The van der Waals surface area contributed by atoms with E-state index in [1.54, 1.807) is 0 Å². The van der Waals surface area contributed by atoms with E-state index in [0.29, 0.717) is 0 Å². The van der Waals surface area contributed by atoms with Crippen LogP contribution in [0.4, 0.5) is 14.5 Å². The summed E-state index contributed by atoms with van der Waals surface area (Å²) in [5.41, 5.74) is -0.243. The number of rotatable bonds is 2. The Morgan fingerprint density at radius 2 is 2.11 bits per heavy atom. The molecule has 0 spiro atoms. The van der Waals surface area contributed by atoms with E-state index in [0.717, 1.165) is 18.2 Å². The molecule has 96 valence electrons. The van der Waals surface area contributed by atoms with Gasteiger partial charge in [0, 0.05) is 17.7 Å². The first-order valence-corrected chi connectivity index (χ1v) is 5.37. The number of nitro benzene ring substituents is 1. The molecule has 1 amide bonds. The van der Waals surface area contributed by atoms with Gasteiger partial charge in [0.2, 0.25) is 0 Å². The van der Waals surface area contributed by atoms with Crippen LogP contribution in [0.1, 0.15) is 24.4 Å². The van der Waals surface area contributed by atoms with Crippen molar-refractivity contribution in [3.05, 3.63) is 39.7 Å². The fraction of sp³-hybridized carbons (Fsp3) is 0.364. The van der Waals surface area contributed by atoms with Crippen molar-refractivity contribution in [2.45, 2.75) is 25.1 Å². The normalized spacial score (nSPS) is 23.6. The van der Waals surface area contributed by atoms with E-state index in [-0.39, 0.29) is 24.1 Å². The van der Waals surface area contributed by atoms with Gasteiger partial charge in [-0.25, -0.2) is 8.78 Å². The molecular formula is C11H10F2N2O3. The molecule has 0 radical (unpaired) electrons. The molecule has 1 aliphatic rings. The van der Waals surface area contributed by atoms with Crippen LogP contribution in [0.15, 0.2) is 18.2 Å². The number of nitrogens with one attached hydrogen (secondary N) is 1. The molecule has 1 aromatic carbocycles. The van der Waals surface area contributed by atoms with Gasteiger partial charge in [0.25, 0.3) is 11.6 Å². The molecule has 1 heterocycles. The highest BCUT2D eigenvalue weighted by Crippen LogP contribution is 2.29. The standard InChI is InChI=1S/C11H10F2N2O3/c12-8-2-1-6(15(17)18)5-7(8)10-4-3-9(13)11(16)14-10/h1-2,5,9-10H,3-4H2,(H,14,16). The summed E-state index contributed by atoms with van der Waals surface area (Å²) in [7, 11) is 0. The van der Waals surface area contributed by atoms with Crippen molar-refractivity contribution >= 4 is 11.6 Å². The van der Waals surface area contributed by atoms with Crippen molar-refractivity contribution in [1.29, 1.82) is 0 Å². The van der Waals surface area contributed by atoms with Crippen LogP contribution in [0.2, 0.25) is 0 Å². The van der Waals surface area contributed by atoms with Gasteiger partial charge in [-0.1, -0.05) is 0 Å². The lowest BCUT2D eigenvalue weighted by molar-refractivity contribution is -0.385. The number of amides is 1. The highest BCUT2D eigenvalue weighted by Gasteiger charge is 2.30. The molecule has 1 N–H and O–H groups in total. The Labute approximate surface area is 101 Å². The summed E-state index contributed by atoms with van der Waals surface area (Å²) in [5, 5.41) is 12.9. The summed E-state index contributed by atoms with van der Waals surface area (Å²) in [6.07, 6.45) is -1.40. The molecule has 18 heavy (non-hydrogen) atoms. The van der Waals surface area contributed by atoms with Gasteiger partial charge in [-0.05, 0) is 18.9 Å². The van der Waals surface area contributed by atoms with Gasteiger partial charge in [0.1, 0.15) is 5.82 Å². The third-order valence-corrected chi connectivity index (χ3v) is 2.88. The third-order valence-electron chi connectivity index (χ3n) is 2.88. The van der Waals surface area contributed by atoms with Gasteiger partial charge in [-0.2, -0.15) is 0 Å².